The lowest BCUT2D eigenvalue weighted by atomic mass is 10.3. The Hall–Kier alpha value is -2.94. The van der Waals surface area contributed by atoms with Crippen LogP contribution in [-0.4, -0.2) is 29.7 Å². The number of hydrogen-bond donors (Lipinski definition) is 2. The van der Waals surface area contributed by atoms with Crippen LogP contribution < -0.4 is 11.1 Å². The number of aromatic nitrogens is 6. The van der Waals surface area contributed by atoms with Crippen LogP contribution in [0.5, 0.6) is 0 Å². The van der Waals surface area contributed by atoms with Crippen molar-refractivity contribution in [3.63, 3.8) is 0 Å². The van der Waals surface area contributed by atoms with E-state index >= 15 is 0 Å². The Morgan fingerprint density at radius 1 is 1.19 bits per heavy atom. The van der Waals surface area contributed by atoms with Crippen molar-refractivity contribution in [1.82, 2.24) is 29.7 Å². The number of rotatable bonds is 8. The zero-order valence-electron chi connectivity index (χ0n) is 14.7. The van der Waals surface area contributed by atoms with E-state index in [4.69, 9.17) is 5.73 Å². The van der Waals surface area contributed by atoms with Gasteiger partial charge in [0.25, 0.3) is 0 Å². The van der Waals surface area contributed by atoms with Gasteiger partial charge in [-0.2, -0.15) is 15.0 Å². The molecule has 1 saturated carbocycles. The molecule has 138 valence electrons. The van der Waals surface area contributed by atoms with Gasteiger partial charge in [-0.1, -0.05) is 36.0 Å². The second-order valence-electron chi connectivity index (χ2n) is 6.23. The number of para-hydroxylation sites is 1. The normalized spacial score (nSPS) is 13.5. The Kier molecular flexibility index (Phi) is 5.01. The smallest absolute Gasteiger partial charge is 0.232 e. The van der Waals surface area contributed by atoms with Gasteiger partial charge in [-0.3, -0.25) is 0 Å². The molecule has 8 nitrogen and oxygen atoms in total. The lowest BCUT2D eigenvalue weighted by Crippen LogP contribution is -2.07. The molecule has 27 heavy (non-hydrogen) atoms. The van der Waals surface area contributed by atoms with Crippen LogP contribution in [-0.2, 0) is 12.3 Å². The second kappa shape index (κ2) is 7.75. The molecule has 0 saturated heterocycles. The van der Waals surface area contributed by atoms with Crippen LogP contribution in [0, 0.1) is 0 Å². The highest BCUT2D eigenvalue weighted by molar-refractivity contribution is 7.98. The summed E-state index contributed by atoms with van der Waals surface area (Å²) in [4.78, 5) is 12.9. The van der Waals surface area contributed by atoms with Crippen LogP contribution in [0.3, 0.4) is 0 Å². The largest absolute Gasteiger partial charge is 0.368 e. The number of benzene rings is 1. The van der Waals surface area contributed by atoms with E-state index in [0.29, 0.717) is 30.0 Å². The molecule has 0 unspecified atom stereocenters. The average Bonchev–Trinajstić information content (AvgIpc) is 3.43. The fraction of sp³-hybridized carbons (Fsp3) is 0.278. The predicted molar refractivity (Wildman–Crippen MR) is 106 cm³/mol. The maximum absolute atomic E-state index is 5.85. The summed E-state index contributed by atoms with van der Waals surface area (Å²) in [5.41, 5.74) is 6.74. The summed E-state index contributed by atoms with van der Waals surface area (Å²) in [5.74, 6) is 3.30. The third kappa shape index (κ3) is 4.25. The first-order chi connectivity index (χ1) is 13.2. The van der Waals surface area contributed by atoms with Gasteiger partial charge >= 0.3 is 0 Å². The summed E-state index contributed by atoms with van der Waals surface area (Å²) < 4.78 is 2.11. The van der Waals surface area contributed by atoms with Crippen LogP contribution >= 0.6 is 11.8 Å². The molecule has 0 atom stereocenters. The van der Waals surface area contributed by atoms with Crippen molar-refractivity contribution >= 4 is 29.3 Å². The minimum absolute atomic E-state index is 0.185. The van der Waals surface area contributed by atoms with E-state index in [-0.39, 0.29) is 5.95 Å². The molecule has 2 aromatic heterocycles. The molecule has 3 N–H and O–H groups in total. The number of hydrogen-bond acceptors (Lipinski definition) is 8. The van der Waals surface area contributed by atoms with Gasteiger partial charge in [-0.25, -0.2) is 0 Å². The van der Waals surface area contributed by atoms with E-state index in [1.807, 2.05) is 36.4 Å². The molecule has 0 bridgehead atoms. The molecule has 0 spiro atoms. The van der Waals surface area contributed by atoms with Crippen LogP contribution in [0.1, 0.15) is 30.4 Å². The minimum atomic E-state index is 0.185. The molecule has 1 fully saturated rings. The Morgan fingerprint density at radius 2 is 2.00 bits per heavy atom. The van der Waals surface area contributed by atoms with E-state index in [9.17, 15) is 0 Å². The molecule has 1 aliphatic carbocycles. The number of nitrogen functional groups attached to an aromatic ring is 1. The molecule has 1 aromatic carbocycles. The Bertz CT molecular complexity index is 936. The highest BCUT2D eigenvalue weighted by Crippen LogP contribution is 2.40. The maximum atomic E-state index is 5.85. The molecule has 0 radical (unpaired) electrons. The van der Waals surface area contributed by atoms with Crippen molar-refractivity contribution in [1.29, 1.82) is 0 Å². The topological polar surface area (TPSA) is 107 Å². The van der Waals surface area contributed by atoms with E-state index < -0.39 is 0 Å². The first-order valence-corrected chi connectivity index (χ1v) is 9.71. The fourth-order valence-electron chi connectivity index (χ4n) is 2.69. The monoisotopic (exact) mass is 380 g/mol. The van der Waals surface area contributed by atoms with Crippen LogP contribution in [0.4, 0.5) is 17.6 Å². The van der Waals surface area contributed by atoms with Crippen molar-refractivity contribution in [2.45, 2.75) is 36.2 Å². The number of allylic oxidation sites excluding steroid dienone is 1. The third-order valence-electron chi connectivity index (χ3n) is 4.06. The van der Waals surface area contributed by atoms with Crippen LogP contribution in [0.2, 0.25) is 0 Å². The molecule has 0 amide bonds. The van der Waals surface area contributed by atoms with Gasteiger partial charge in [-0.15, -0.1) is 16.8 Å². The molecule has 1 aliphatic rings. The van der Waals surface area contributed by atoms with E-state index in [1.54, 1.807) is 0 Å². The van der Waals surface area contributed by atoms with Gasteiger partial charge in [0.15, 0.2) is 5.16 Å². The quantitative estimate of drug-likeness (QED) is 0.453. The fourth-order valence-corrected chi connectivity index (χ4v) is 3.50. The van der Waals surface area contributed by atoms with E-state index in [0.717, 1.165) is 16.7 Å². The third-order valence-corrected chi connectivity index (χ3v) is 5.02. The number of nitrogens with zero attached hydrogens (tertiary/aromatic N) is 6. The summed E-state index contributed by atoms with van der Waals surface area (Å²) in [7, 11) is 0. The molecule has 3 aromatic rings. The average molecular weight is 380 g/mol. The first kappa shape index (κ1) is 17.5. The van der Waals surface area contributed by atoms with Crippen molar-refractivity contribution < 1.29 is 0 Å². The highest BCUT2D eigenvalue weighted by atomic mass is 32.2. The molecular weight excluding hydrogens is 360 g/mol. The van der Waals surface area contributed by atoms with Crippen molar-refractivity contribution in [3.8, 4) is 0 Å². The molecular formula is C18H20N8S. The number of thioether (sulfide) groups is 1. The Morgan fingerprint density at radius 3 is 2.74 bits per heavy atom. The van der Waals surface area contributed by atoms with Crippen LogP contribution in [0.25, 0.3) is 0 Å². The van der Waals surface area contributed by atoms with Gasteiger partial charge in [0.05, 0.1) is 5.75 Å². The van der Waals surface area contributed by atoms with E-state index in [2.05, 4.69) is 41.6 Å². The molecule has 9 heteroatoms. The Labute approximate surface area is 161 Å². The number of nitrogens with one attached hydrogen (secondary N) is 1. The van der Waals surface area contributed by atoms with Gasteiger partial charge in [0.2, 0.25) is 11.9 Å². The summed E-state index contributed by atoms with van der Waals surface area (Å²) in [5, 5.41) is 12.7. The zero-order valence-corrected chi connectivity index (χ0v) is 15.6. The highest BCUT2D eigenvalue weighted by Gasteiger charge is 2.30. The molecule has 2 heterocycles. The second-order valence-corrected chi connectivity index (χ2v) is 7.17. The van der Waals surface area contributed by atoms with Gasteiger partial charge < -0.3 is 15.6 Å². The predicted octanol–water partition coefficient (Wildman–Crippen LogP) is 3.14. The minimum Gasteiger partial charge on any atom is -0.368 e. The van der Waals surface area contributed by atoms with Gasteiger partial charge in [0, 0.05) is 18.2 Å². The van der Waals surface area contributed by atoms with Gasteiger partial charge in [0.1, 0.15) is 11.6 Å². The van der Waals surface area contributed by atoms with Crippen LogP contribution in [0.15, 0.2) is 48.1 Å². The molecule has 4 rings (SSSR count). The summed E-state index contributed by atoms with van der Waals surface area (Å²) >= 11 is 1.54. The van der Waals surface area contributed by atoms with Crippen molar-refractivity contribution in [2.24, 2.45) is 0 Å². The first-order valence-electron chi connectivity index (χ1n) is 8.72. The SMILES string of the molecule is C=CCn1c(SCc2nc(N)nc(Nc3ccccc3)n2)nnc1C1CC1. The zero-order chi connectivity index (χ0) is 18.6. The molecule has 0 aliphatic heterocycles. The van der Waals surface area contributed by atoms with E-state index in [1.165, 1.54) is 24.6 Å². The number of anilines is 3. The van der Waals surface area contributed by atoms with Crippen molar-refractivity contribution in [2.75, 3.05) is 11.1 Å². The number of nitrogens with two attached hydrogens (primary N) is 1. The maximum Gasteiger partial charge on any atom is 0.232 e. The lowest BCUT2D eigenvalue weighted by Gasteiger charge is -2.08. The Balaban J connectivity index is 1.49. The van der Waals surface area contributed by atoms with Crippen molar-refractivity contribution in [3.05, 3.63) is 54.6 Å². The van der Waals surface area contributed by atoms with Gasteiger partial charge in [-0.05, 0) is 25.0 Å². The standard InChI is InChI=1S/C18H20N8S/c1-2-10-26-15(12-8-9-12)24-25-18(26)27-11-14-21-16(19)23-17(22-14)20-13-6-4-3-5-7-13/h2-7,12H,1,8-11H2,(H3,19,20,21,22,23). The summed E-state index contributed by atoms with van der Waals surface area (Å²) in [6.07, 6.45) is 4.22. The summed E-state index contributed by atoms with van der Waals surface area (Å²) in [6.45, 7) is 4.53. The lowest BCUT2D eigenvalue weighted by molar-refractivity contribution is 0.681. The summed E-state index contributed by atoms with van der Waals surface area (Å²) in [6, 6.07) is 9.70.